The van der Waals surface area contributed by atoms with E-state index in [1.807, 2.05) is 0 Å². The molecular weight excluding hydrogens is 366 g/mol. The van der Waals surface area contributed by atoms with Crippen molar-refractivity contribution in [1.29, 1.82) is 5.41 Å². The van der Waals surface area contributed by atoms with E-state index in [4.69, 9.17) is 25.9 Å². The number of nitrogens with one attached hydrogen (secondary N) is 2. The molecule has 0 saturated carbocycles. The summed E-state index contributed by atoms with van der Waals surface area (Å²) in [5.74, 6) is 0. The zero-order chi connectivity index (χ0) is 17.6. The molecule has 0 unspecified atom stereocenters. The average Bonchev–Trinajstić information content (AvgIpc) is 3.05. The summed E-state index contributed by atoms with van der Waals surface area (Å²) in [6.07, 6.45) is -3.11. The largest absolute Gasteiger partial charge is 0.394 e. The summed E-state index contributed by atoms with van der Waals surface area (Å²) in [5.41, 5.74) is 0.280. The van der Waals surface area contributed by atoms with E-state index in [1.54, 1.807) is 0 Å². The van der Waals surface area contributed by atoms with Gasteiger partial charge in [0.25, 0.3) is 10.1 Å². The van der Waals surface area contributed by atoms with E-state index in [-0.39, 0.29) is 21.9 Å². The van der Waals surface area contributed by atoms with Crippen molar-refractivity contribution in [2.24, 2.45) is 0 Å². The number of aliphatic hydroxyl groups is 2. The molecule has 0 amide bonds. The lowest BCUT2D eigenvalue weighted by molar-refractivity contribution is -0.0543. The molecule has 132 valence electrons. The molecule has 0 aromatic carbocycles. The molecule has 4 atom stereocenters. The lowest BCUT2D eigenvalue weighted by Gasteiger charge is -2.20. The maximum Gasteiger partial charge on any atom is 0.264 e. The minimum Gasteiger partial charge on any atom is -0.394 e. The fraction of sp³-hybridized carbons (Fsp3) is 0.545. The molecule has 3 rings (SSSR count). The lowest BCUT2D eigenvalue weighted by atomic mass is 10.1. The first-order valence-corrected chi connectivity index (χ1v) is 8.90. The lowest BCUT2D eigenvalue weighted by Crippen LogP contribution is -2.39. The number of imidazole rings is 1. The molecule has 4 N–H and O–H groups in total. The molecule has 2 aromatic heterocycles. The molecule has 2 aromatic rings. The summed E-state index contributed by atoms with van der Waals surface area (Å²) in [5, 5.41) is 27.7. The Hall–Kier alpha value is -1.57. The van der Waals surface area contributed by atoms with Gasteiger partial charge in [0.2, 0.25) is 5.28 Å². The molecule has 0 aliphatic carbocycles. The Balaban J connectivity index is 2.05. The van der Waals surface area contributed by atoms with Crippen molar-refractivity contribution in [2.45, 2.75) is 24.5 Å². The second-order valence-electron chi connectivity index (χ2n) is 5.20. The number of hydrogen-bond acceptors (Lipinski definition) is 9. The van der Waals surface area contributed by atoms with Crippen LogP contribution < -0.4 is 5.49 Å². The van der Waals surface area contributed by atoms with E-state index in [1.165, 1.54) is 6.33 Å². The Morgan fingerprint density at radius 3 is 2.92 bits per heavy atom. The van der Waals surface area contributed by atoms with Crippen LogP contribution in [-0.4, -0.2) is 69.3 Å². The fourth-order valence-electron chi connectivity index (χ4n) is 2.53. The van der Waals surface area contributed by atoms with Crippen LogP contribution in [0.25, 0.3) is 11.2 Å². The van der Waals surface area contributed by atoms with Gasteiger partial charge in [0.15, 0.2) is 17.4 Å². The molecule has 3 heterocycles. The molecule has 0 radical (unpaired) electrons. The van der Waals surface area contributed by atoms with Crippen molar-refractivity contribution in [1.82, 2.24) is 19.5 Å². The smallest absolute Gasteiger partial charge is 0.264 e. The molecule has 0 bridgehead atoms. The highest BCUT2D eigenvalue weighted by atomic mass is 35.5. The van der Waals surface area contributed by atoms with Crippen LogP contribution in [0.15, 0.2) is 6.33 Å². The highest BCUT2D eigenvalue weighted by Crippen LogP contribution is 2.32. The molecule has 1 aliphatic heterocycles. The first-order chi connectivity index (χ1) is 11.2. The topological polar surface area (TPSA) is 163 Å². The first-order valence-electron chi connectivity index (χ1n) is 6.71. The molecular formula is C11H14ClN5O6S. The minimum absolute atomic E-state index is 0.178. The monoisotopic (exact) mass is 379 g/mol. The van der Waals surface area contributed by atoms with E-state index in [0.29, 0.717) is 0 Å². The number of aromatic amines is 1. The summed E-state index contributed by atoms with van der Waals surface area (Å²) < 4.78 is 34.0. The normalized spacial score (nSPS) is 27.8. The maximum absolute atomic E-state index is 11.3. The molecule has 1 fully saturated rings. The van der Waals surface area contributed by atoms with Crippen LogP contribution >= 0.6 is 11.6 Å². The zero-order valence-corrected chi connectivity index (χ0v) is 13.8. The number of aromatic nitrogens is 4. The summed E-state index contributed by atoms with van der Waals surface area (Å²) in [6, 6.07) is 0. The number of rotatable bonds is 4. The number of ether oxygens (including phenoxy) is 1. The van der Waals surface area contributed by atoms with E-state index in [2.05, 4.69) is 15.0 Å². The predicted molar refractivity (Wildman–Crippen MR) is 79.5 cm³/mol. The summed E-state index contributed by atoms with van der Waals surface area (Å²) in [6.45, 7) is -0.598. The molecule has 1 aliphatic rings. The maximum atomic E-state index is 11.3. The van der Waals surface area contributed by atoms with Gasteiger partial charge in [-0.15, -0.1) is 0 Å². The van der Waals surface area contributed by atoms with Crippen molar-refractivity contribution < 1.29 is 27.6 Å². The van der Waals surface area contributed by atoms with Crippen molar-refractivity contribution in [2.75, 3.05) is 12.9 Å². The van der Waals surface area contributed by atoms with Gasteiger partial charge in [0.05, 0.1) is 19.2 Å². The quantitative estimate of drug-likeness (QED) is 0.367. The van der Waals surface area contributed by atoms with Gasteiger partial charge >= 0.3 is 0 Å². The Morgan fingerprint density at radius 2 is 2.29 bits per heavy atom. The number of aliphatic hydroxyl groups excluding tert-OH is 2. The van der Waals surface area contributed by atoms with E-state index in [0.717, 1.165) is 10.8 Å². The third-order valence-electron chi connectivity index (χ3n) is 3.52. The Kier molecular flexibility index (Phi) is 4.36. The number of nitrogens with zero attached hydrogens (tertiary/aromatic N) is 3. The molecule has 1 saturated heterocycles. The Labute approximate surface area is 140 Å². The molecule has 13 heteroatoms. The zero-order valence-electron chi connectivity index (χ0n) is 12.2. The first kappa shape index (κ1) is 17.3. The van der Waals surface area contributed by atoms with Crippen molar-refractivity contribution >= 4 is 32.9 Å². The van der Waals surface area contributed by atoms with Crippen molar-refractivity contribution in [3.63, 3.8) is 0 Å². The highest BCUT2D eigenvalue weighted by Gasteiger charge is 2.47. The van der Waals surface area contributed by atoms with Crippen LogP contribution in [0.4, 0.5) is 0 Å². The van der Waals surface area contributed by atoms with Crippen LogP contribution in [-0.2, 0) is 19.0 Å². The van der Waals surface area contributed by atoms with E-state index >= 15 is 0 Å². The van der Waals surface area contributed by atoms with Crippen LogP contribution in [0, 0.1) is 5.41 Å². The van der Waals surface area contributed by atoms with Crippen LogP contribution in [0.5, 0.6) is 0 Å². The Morgan fingerprint density at radius 1 is 1.58 bits per heavy atom. The summed E-state index contributed by atoms with van der Waals surface area (Å²) >= 11 is 6.05. The molecule has 0 spiro atoms. The predicted octanol–water partition coefficient (Wildman–Crippen LogP) is -1.51. The van der Waals surface area contributed by atoms with E-state index in [9.17, 15) is 18.6 Å². The van der Waals surface area contributed by atoms with Gasteiger partial charge < -0.3 is 19.9 Å². The summed E-state index contributed by atoms with van der Waals surface area (Å²) in [4.78, 5) is 10.6. The highest BCUT2D eigenvalue weighted by molar-refractivity contribution is 7.86. The van der Waals surface area contributed by atoms with Crippen LogP contribution in [0.2, 0.25) is 5.28 Å². The number of hydrogen-bond donors (Lipinski definition) is 4. The van der Waals surface area contributed by atoms with Crippen molar-refractivity contribution in [3.8, 4) is 0 Å². The van der Waals surface area contributed by atoms with Gasteiger partial charge in [0.1, 0.15) is 23.8 Å². The van der Waals surface area contributed by atoms with Gasteiger partial charge in [0, 0.05) is 0 Å². The SMILES string of the molecule is CS(=O)(=O)O[C@@H]1[C@@H](O)[C@H](n2c(Cl)nc3nc[nH]c3c2=N)O[C@@H]1CO. The van der Waals surface area contributed by atoms with Crippen LogP contribution in [0.3, 0.4) is 0 Å². The second kappa shape index (κ2) is 6.06. The molecule has 24 heavy (non-hydrogen) atoms. The van der Waals surface area contributed by atoms with Gasteiger partial charge in [-0.1, -0.05) is 0 Å². The minimum atomic E-state index is -3.91. The number of H-pyrrole nitrogens is 1. The standard InChI is InChI=1S/C11H14ClN5O6S/c1-24(20,21)23-7-4(2-18)22-10(6(7)19)17-8(13)5-9(15-3-14-5)16-11(17)12/h3-4,6-7,10,13,18-19H,2H2,1H3,(H,14,15)/t4-,6-,7+,10-/m1/s1. The van der Waals surface area contributed by atoms with Crippen LogP contribution in [0.1, 0.15) is 6.23 Å². The Bertz CT molecular complexity index is 927. The van der Waals surface area contributed by atoms with Crippen molar-refractivity contribution in [3.05, 3.63) is 17.1 Å². The van der Waals surface area contributed by atoms with Gasteiger partial charge in [-0.3, -0.25) is 14.2 Å². The summed E-state index contributed by atoms with van der Waals surface area (Å²) in [7, 11) is -3.91. The van der Waals surface area contributed by atoms with Gasteiger partial charge in [-0.05, 0) is 11.6 Å². The van der Waals surface area contributed by atoms with E-state index < -0.39 is 41.3 Å². The third-order valence-corrected chi connectivity index (χ3v) is 4.36. The van der Waals surface area contributed by atoms with Gasteiger partial charge in [-0.25, -0.2) is 4.98 Å². The van der Waals surface area contributed by atoms with Gasteiger partial charge in [-0.2, -0.15) is 13.4 Å². The second-order valence-corrected chi connectivity index (χ2v) is 7.14. The molecule has 11 nitrogen and oxygen atoms in total. The fourth-order valence-corrected chi connectivity index (χ4v) is 3.43. The number of halogens is 1. The third kappa shape index (κ3) is 2.92. The number of fused-ring (bicyclic) bond motifs is 1. The average molecular weight is 380 g/mol.